The van der Waals surface area contributed by atoms with Crippen LogP contribution in [0.4, 0.5) is 0 Å². The minimum atomic E-state index is -0.138. The fraction of sp³-hybridized carbons (Fsp3) is 0.231. The fourth-order valence-electron chi connectivity index (χ4n) is 1.70. The van der Waals surface area contributed by atoms with Gasteiger partial charge in [-0.05, 0) is 17.7 Å². The van der Waals surface area contributed by atoms with Gasteiger partial charge in [0.2, 0.25) is 11.8 Å². The van der Waals surface area contributed by atoms with Crippen LogP contribution >= 0.6 is 15.9 Å². The van der Waals surface area contributed by atoms with Gasteiger partial charge in [-0.15, -0.1) is 0 Å². The molecule has 18 heavy (non-hydrogen) atoms. The highest BCUT2D eigenvalue weighted by Crippen LogP contribution is 2.17. The second-order valence-electron chi connectivity index (χ2n) is 3.96. The molecule has 2 rings (SSSR count). The Bertz CT molecular complexity index is 500. The summed E-state index contributed by atoms with van der Waals surface area (Å²) in [6.45, 7) is 1.22. The second-order valence-corrected chi connectivity index (χ2v) is 4.82. The van der Waals surface area contributed by atoms with Gasteiger partial charge in [-0.3, -0.25) is 9.59 Å². The zero-order chi connectivity index (χ0) is 13.0. The number of carbonyl (C=O) groups is 2. The van der Waals surface area contributed by atoms with Gasteiger partial charge in [0, 0.05) is 23.6 Å². The van der Waals surface area contributed by atoms with E-state index in [4.69, 9.17) is 0 Å². The third kappa shape index (κ3) is 3.20. The van der Waals surface area contributed by atoms with E-state index in [1.807, 2.05) is 24.3 Å². The number of hydrogen-bond donors (Lipinski definition) is 1. The smallest absolute Gasteiger partial charge is 0.247 e. The topological polar surface area (TPSA) is 49.4 Å². The molecule has 0 saturated carbocycles. The Morgan fingerprint density at radius 1 is 1.39 bits per heavy atom. The molecule has 94 valence electrons. The molecule has 0 aliphatic carbocycles. The van der Waals surface area contributed by atoms with Gasteiger partial charge < -0.3 is 10.2 Å². The van der Waals surface area contributed by atoms with Crippen LogP contribution in [0.25, 0.3) is 6.08 Å². The summed E-state index contributed by atoms with van der Waals surface area (Å²) in [5.74, 6) is -0.246. The lowest BCUT2D eigenvalue weighted by Crippen LogP contribution is -2.49. The molecule has 5 heteroatoms. The zero-order valence-electron chi connectivity index (χ0n) is 9.73. The lowest BCUT2D eigenvalue weighted by atomic mass is 10.2. The summed E-state index contributed by atoms with van der Waals surface area (Å²) in [6.07, 6.45) is 3.25. The molecule has 4 nitrogen and oxygen atoms in total. The number of hydrogen-bond acceptors (Lipinski definition) is 2. The molecular formula is C13H13BrN2O2. The van der Waals surface area contributed by atoms with Crippen molar-refractivity contribution in [1.29, 1.82) is 0 Å². The van der Waals surface area contributed by atoms with E-state index >= 15 is 0 Å². The maximum atomic E-state index is 11.9. The van der Waals surface area contributed by atoms with Crippen molar-refractivity contribution in [3.63, 3.8) is 0 Å². The zero-order valence-corrected chi connectivity index (χ0v) is 11.3. The highest BCUT2D eigenvalue weighted by Gasteiger charge is 2.18. The molecule has 2 amide bonds. The number of halogens is 1. The van der Waals surface area contributed by atoms with Gasteiger partial charge >= 0.3 is 0 Å². The summed E-state index contributed by atoms with van der Waals surface area (Å²) in [5.41, 5.74) is 0.937. The van der Waals surface area contributed by atoms with Gasteiger partial charge in [0.15, 0.2) is 0 Å². The van der Waals surface area contributed by atoms with Crippen LogP contribution in [0, 0.1) is 0 Å². The van der Waals surface area contributed by atoms with Gasteiger partial charge in [-0.1, -0.05) is 34.1 Å². The minimum absolute atomic E-state index is 0.108. The molecule has 1 N–H and O–H groups in total. The highest BCUT2D eigenvalue weighted by atomic mass is 79.9. The number of piperazine rings is 1. The number of amides is 2. The van der Waals surface area contributed by atoms with Gasteiger partial charge in [0.25, 0.3) is 0 Å². The largest absolute Gasteiger partial charge is 0.353 e. The fourth-order valence-corrected chi connectivity index (χ4v) is 2.12. The lowest BCUT2D eigenvalue weighted by Gasteiger charge is -2.25. The SMILES string of the molecule is O=C1CN(C(=O)/C=C/c2ccccc2Br)CCN1. The van der Waals surface area contributed by atoms with Crippen LogP contribution in [0.5, 0.6) is 0 Å². The standard InChI is InChI=1S/C13H13BrN2O2/c14-11-4-2-1-3-10(11)5-6-13(18)16-8-7-15-12(17)9-16/h1-6H,7-9H2,(H,15,17)/b6-5+. The number of rotatable bonds is 2. The Morgan fingerprint density at radius 2 is 2.17 bits per heavy atom. The maximum Gasteiger partial charge on any atom is 0.247 e. The predicted molar refractivity (Wildman–Crippen MR) is 72.8 cm³/mol. The summed E-state index contributed by atoms with van der Waals surface area (Å²) in [7, 11) is 0. The third-order valence-corrected chi connectivity index (χ3v) is 3.38. The van der Waals surface area contributed by atoms with E-state index in [9.17, 15) is 9.59 Å². The first-order valence-corrected chi connectivity index (χ1v) is 6.44. The molecule has 0 spiro atoms. The summed E-state index contributed by atoms with van der Waals surface area (Å²) in [4.78, 5) is 24.6. The molecule has 0 atom stereocenters. The van der Waals surface area contributed by atoms with E-state index < -0.39 is 0 Å². The molecule has 0 unspecified atom stereocenters. The van der Waals surface area contributed by atoms with E-state index in [-0.39, 0.29) is 18.4 Å². The van der Waals surface area contributed by atoms with Gasteiger partial charge in [-0.25, -0.2) is 0 Å². The van der Waals surface area contributed by atoms with Crippen molar-refractivity contribution >= 4 is 33.8 Å². The first kappa shape index (κ1) is 12.8. The summed E-state index contributed by atoms with van der Waals surface area (Å²) in [5, 5.41) is 2.69. The van der Waals surface area contributed by atoms with Crippen LogP contribution in [0.15, 0.2) is 34.8 Å². The highest BCUT2D eigenvalue weighted by molar-refractivity contribution is 9.10. The molecule has 0 aromatic heterocycles. The summed E-state index contributed by atoms with van der Waals surface area (Å²) < 4.78 is 0.936. The van der Waals surface area contributed by atoms with Gasteiger partial charge in [0.05, 0.1) is 6.54 Å². The van der Waals surface area contributed by atoms with Crippen LogP contribution < -0.4 is 5.32 Å². The molecule has 1 aromatic carbocycles. The number of carbonyl (C=O) groups excluding carboxylic acids is 2. The van der Waals surface area contributed by atoms with Crippen molar-refractivity contribution in [3.8, 4) is 0 Å². The first-order valence-electron chi connectivity index (χ1n) is 5.65. The summed E-state index contributed by atoms with van der Waals surface area (Å²) >= 11 is 3.41. The van der Waals surface area contributed by atoms with E-state index in [1.54, 1.807) is 6.08 Å². The van der Waals surface area contributed by atoms with Crippen molar-refractivity contribution in [3.05, 3.63) is 40.4 Å². The second kappa shape index (κ2) is 5.82. The Labute approximate surface area is 114 Å². The average Bonchev–Trinajstić information content (AvgIpc) is 2.37. The number of nitrogens with zero attached hydrogens (tertiary/aromatic N) is 1. The van der Waals surface area contributed by atoms with Crippen LogP contribution in [0.3, 0.4) is 0 Å². The lowest BCUT2D eigenvalue weighted by molar-refractivity contribution is -0.134. The summed E-state index contributed by atoms with van der Waals surface area (Å²) in [6, 6.07) is 7.65. The van der Waals surface area contributed by atoms with Crippen molar-refractivity contribution in [2.75, 3.05) is 19.6 Å². The van der Waals surface area contributed by atoms with Crippen molar-refractivity contribution in [1.82, 2.24) is 10.2 Å². The molecule has 1 aliphatic rings. The normalized spacial score (nSPS) is 15.8. The van der Waals surface area contributed by atoms with Gasteiger partial charge in [-0.2, -0.15) is 0 Å². The molecule has 1 aromatic rings. The molecule has 0 radical (unpaired) electrons. The van der Waals surface area contributed by atoms with Gasteiger partial charge in [0.1, 0.15) is 0 Å². The quantitative estimate of drug-likeness (QED) is 0.840. The Morgan fingerprint density at radius 3 is 2.89 bits per heavy atom. The molecule has 0 bridgehead atoms. The average molecular weight is 309 g/mol. The van der Waals surface area contributed by atoms with Crippen molar-refractivity contribution < 1.29 is 9.59 Å². The van der Waals surface area contributed by atoms with Crippen LogP contribution in [0.2, 0.25) is 0 Å². The Kier molecular flexibility index (Phi) is 4.15. The van der Waals surface area contributed by atoms with E-state index in [2.05, 4.69) is 21.2 Å². The molecule has 1 heterocycles. The van der Waals surface area contributed by atoms with Crippen LogP contribution in [-0.2, 0) is 9.59 Å². The molecule has 1 saturated heterocycles. The minimum Gasteiger partial charge on any atom is -0.353 e. The van der Waals surface area contributed by atoms with E-state index in [0.717, 1.165) is 10.0 Å². The number of nitrogens with one attached hydrogen (secondary N) is 1. The van der Waals surface area contributed by atoms with Crippen molar-refractivity contribution in [2.24, 2.45) is 0 Å². The van der Waals surface area contributed by atoms with Crippen molar-refractivity contribution in [2.45, 2.75) is 0 Å². The van der Waals surface area contributed by atoms with Crippen LogP contribution in [0.1, 0.15) is 5.56 Å². The Hall–Kier alpha value is -1.62. The third-order valence-electron chi connectivity index (χ3n) is 2.66. The molecular weight excluding hydrogens is 296 g/mol. The monoisotopic (exact) mass is 308 g/mol. The predicted octanol–water partition coefficient (Wildman–Crippen LogP) is 1.42. The van der Waals surface area contributed by atoms with Crippen LogP contribution in [-0.4, -0.2) is 36.3 Å². The molecule has 1 fully saturated rings. The maximum absolute atomic E-state index is 11.9. The van der Waals surface area contributed by atoms with E-state index in [1.165, 1.54) is 11.0 Å². The van der Waals surface area contributed by atoms with E-state index in [0.29, 0.717) is 13.1 Å². The first-order chi connectivity index (χ1) is 8.66. The number of benzene rings is 1. The molecule has 1 aliphatic heterocycles. The Balaban J connectivity index is 2.03.